The number of fused-ring (bicyclic) bond motifs is 2. The number of carbonyl (C=O) groups is 1. The number of para-hydroxylation sites is 1. The Kier molecular flexibility index (Phi) is 6.97. The molecule has 2 saturated heterocycles. The highest BCUT2D eigenvalue weighted by atomic mass is 16.5. The summed E-state index contributed by atoms with van der Waals surface area (Å²) in [6, 6.07) is 14.8. The quantitative estimate of drug-likeness (QED) is 0.210. The van der Waals surface area contributed by atoms with E-state index in [1.807, 2.05) is 24.4 Å². The molecule has 0 bridgehead atoms. The van der Waals surface area contributed by atoms with Gasteiger partial charge in [-0.15, -0.1) is 0 Å². The van der Waals surface area contributed by atoms with Crippen molar-refractivity contribution < 1.29 is 9.53 Å². The average molecular weight is 616 g/mol. The van der Waals surface area contributed by atoms with Crippen LogP contribution in [0, 0.1) is 11.8 Å². The van der Waals surface area contributed by atoms with E-state index in [0.29, 0.717) is 41.0 Å². The van der Waals surface area contributed by atoms with Gasteiger partial charge in [-0.3, -0.25) is 4.79 Å². The van der Waals surface area contributed by atoms with Gasteiger partial charge in [0.1, 0.15) is 17.1 Å². The Hall–Kier alpha value is -5.16. The highest BCUT2D eigenvalue weighted by Crippen LogP contribution is 2.44. The fourth-order valence-electron chi connectivity index (χ4n) is 7.19. The Labute approximate surface area is 267 Å². The summed E-state index contributed by atoms with van der Waals surface area (Å²) in [5, 5.41) is 12.1. The van der Waals surface area contributed by atoms with Crippen molar-refractivity contribution in [3.05, 3.63) is 79.9 Å². The average Bonchev–Trinajstić information content (AvgIpc) is 3.36. The molecule has 11 nitrogen and oxygen atoms in total. The molecule has 0 unspecified atom stereocenters. The van der Waals surface area contributed by atoms with Crippen molar-refractivity contribution in [2.45, 2.75) is 18.9 Å². The molecule has 2 N–H and O–H groups in total. The van der Waals surface area contributed by atoms with Gasteiger partial charge in [0.2, 0.25) is 11.9 Å². The number of aromatic nitrogens is 5. The number of anilines is 4. The molecule has 2 aromatic carbocycles. The summed E-state index contributed by atoms with van der Waals surface area (Å²) >= 11 is 0. The highest BCUT2D eigenvalue weighted by Gasteiger charge is 2.39. The standard InChI is InChI=1S/C35H37N9O2/c1-4-33(45)38-27-14-28(32(46-3)15-30(27)42-19-22-17-41(2)18-23(22)20-42)39-35-36-16-31(44-13-7-12-37-44)34(40-35)26-21-43(24-10-11-24)29-9-6-5-8-25(26)29/h4-9,12-16,21-24H,1,10-11,17-20H2,2-3H3,(H,38,45)(H,36,39,40)/t22-,23+. The number of ether oxygens (including phenoxy) is 1. The van der Waals surface area contributed by atoms with Gasteiger partial charge in [-0.2, -0.15) is 5.10 Å². The summed E-state index contributed by atoms with van der Waals surface area (Å²) in [5.41, 5.74) is 6.01. The number of carbonyl (C=O) groups excluding carboxylic acids is 1. The van der Waals surface area contributed by atoms with Gasteiger partial charge < -0.3 is 29.7 Å². The van der Waals surface area contributed by atoms with Crippen molar-refractivity contribution in [2.75, 3.05) is 55.9 Å². The molecule has 1 amide bonds. The monoisotopic (exact) mass is 615 g/mol. The number of amides is 1. The number of nitrogens with zero attached hydrogens (tertiary/aromatic N) is 7. The number of benzene rings is 2. The molecule has 46 heavy (non-hydrogen) atoms. The van der Waals surface area contributed by atoms with Crippen molar-refractivity contribution in [1.29, 1.82) is 0 Å². The molecule has 2 atom stereocenters. The minimum absolute atomic E-state index is 0.273. The van der Waals surface area contributed by atoms with Crippen LogP contribution in [0.1, 0.15) is 18.9 Å². The number of hydrogen-bond donors (Lipinski definition) is 2. The van der Waals surface area contributed by atoms with E-state index in [0.717, 1.165) is 54.2 Å². The third-order valence-corrected chi connectivity index (χ3v) is 9.47. The molecule has 0 radical (unpaired) electrons. The van der Waals surface area contributed by atoms with Crippen LogP contribution < -0.4 is 20.3 Å². The van der Waals surface area contributed by atoms with Gasteiger partial charge in [-0.05, 0) is 56.0 Å². The summed E-state index contributed by atoms with van der Waals surface area (Å²) in [6.45, 7) is 7.69. The third-order valence-electron chi connectivity index (χ3n) is 9.47. The van der Waals surface area contributed by atoms with Gasteiger partial charge in [-0.1, -0.05) is 24.8 Å². The van der Waals surface area contributed by atoms with E-state index in [4.69, 9.17) is 14.7 Å². The molecule has 3 aliphatic rings. The van der Waals surface area contributed by atoms with Crippen LogP contribution in [0.4, 0.5) is 23.0 Å². The molecule has 3 fully saturated rings. The number of rotatable bonds is 9. The van der Waals surface area contributed by atoms with Crippen molar-refractivity contribution in [3.8, 4) is 22.7 Å². The Balaban J connectivity index is 1.20. The molecule has 5 aromatic rings. The fourth-order valence-corrected chi connectivity index (χ4v) is 7.19. The molecule has 11 heteroatoms. The number of likely N-dealkylation sites (tertiary alicyclic amines) is 1. The summed E-state index contributed by atoms with van der Waals surface area (Å²) < 4.78 is 10.1. The first kappa shape index (κ1) is 28.3. The van der Waals surface area contributed by atoms with E-state index in [9.17, 15) is 4.79 Å². The summed E-state index contributed by atoms with van der Waals surface area (Å²) in [6.07, 6.45) is 11.3. The first-order valence-corrected chi connectivity index (χ1v) is 15.8. The molecule has 2 aliphatic heterocycles. The van der Waals surface area contributed by atoms with E-state index in [1.54, 1.807) is 24.2 Å². The second kappa shape index (κ2) is 11.3. The lowest BCUT2D eigenvalue weighted by Crippen LogP contribution is -2.27. The molecular weight excluding hydrogens is 578 g/mol. The third kappa shape index (κ3) is 5.06. The maximum Gasteiger partial charge on any atom is 0.247 e. The van der Waals surface area contributed by atoms with Crippen LogP contribution in [0.2, 0.25) is 0 Å². The highest BCUT2D eigenvalue weighted by molar-refractivity contribution is 6.02. The zero-order chi connectivity index (χ0) is 31.4. The van der Waals surface area contributed by atoms with Crippen molar-refractivity contribution in [1.82, 2.24) is 29.2 Å². The molecule has 3 aromatic heterocycles. The first-order chi connectivity index (χ1) is 22.5. The number of methoxy groups -OCH3 is 1. The van der Waals surface area contributed by atoms with Gasteiger partial charge in [0.15, 0.2) is 0 Å². The van der Waals surface area contributed by atoms with E-state index < -0.39 is 0 Å². The molecule has 234 valence electrons. The van der Waals surface area contributed by atoms with Crippen LogP contribution in [0.3, 0.4) is 0 Å². The Bertz CT molecular complexity index is 1930. The Morgan fingerprint density at radius 2 is 1.85 bits per heavy atom. The Morgan fingerprint density at radius 1 is 1.04 bits per heavy atom. The van der Waals surface area contributed by atoms with Crippen LogP contribution in [0.25, 0.3) is 27.8 Å². The molecule has 5 heterocycles. The van der Waals surface area contributed by atoms with Gasteiger partial charge in [0.05, 0.1) is 30.4 Å². The van der Waals surface area contributed by atoms with Gasteiger partial charge in [-0.25, -0.2) is 14.6 Å². The summed E-state index contributed by atoms with van der Waals surface area (Å²) in [4.78, 5) is 27.1. The molecule has 1 aliphatic carbocycles. The molecular formula is C35H37N9O2. The van der Waals surface area contributed by atoms with Crippen LogP contribution in [0.15, 0.2) is 79.9 Å². The first-order valence-electron chi connectivity index (χ1n) is 15.8. The molecule has 0 spiro atoms. The van der Waals surface area contributed by atoms with Crippen molar-refractivity contribution in [3.63, 3.8) is 0 Å². The second-order valence-electron chi connectivity index (χ2n) is 12.6. The zero-order valence-corrected chi connectivity index (χ0v) is 26.1. The van der Waals surface area contributed by atoms with Gasteiger partial charge >= 0.3 is 0 Å². The lowest BCUT2D eigenvalue weighted by Gasteiger charge is -2.26. The number of hydrogen-bond acceptors (Lipinski definition) is 8. The van der Waals surface area contributed by atoms with Crippen LogP contribution >= 0.6 is 0 Å². The minimum Gasteiger partial charge on any atom is -0.494 e. The number of nitrogens with one attached hydrogen (secondary N) is 2. The van der Waals surface area contributed by atoms with E-state index in [-0.39, 0.29) is 5.91 Å². The van der Waals surface area contributed by atoms with E-state index >= 15 is 0 Å². The van der Waals surface area contributed by atoms with E-state index in [2.05, 4.69) is 74.2 Å². The largest absolute Gasteiger partial charge is 0.494 e. The SMILES string of the molecule is C=CC(=O)Nc1cc(Nc2ncc(-n3cccn3)c(-c3cn(C4CC4)c4ccccc34)n2)c(OC)cc1N1C[C@H]2CN(C)C[C@H]2C1. The minimum atomic E-state index is -0.273. The van der Waals surface area contributed by atoms with Crippen LogP contribution in [-0.2, 0) is 4.79 Å². The summed E-state index contributed by atoms with van der Waals surface area (Å²) in [7, 11) is 3.84. The lowest BCUT2D eigenvalue weighted by molar-refractivity contribution is -0.111. The van der Waals surface area contributed by atoms with Crippen LogP contribution in [-0.4, -0.2) is 75.5 Å². The maximum absolute atomic E-state index is 12.6. The van der Waals surface area contributed by atoms with Crippen molar-refractivity contribution in [2.24, 2.45) is 11.8 Å². The van der Waals surface area contributed by atoms with Crippen LogP contribution in [0.5, 0.6) is 5.75 Å². The molecule has 1 saturated carbocycles. The Morgan fingerprint density at radius 3 is 2.57 bits per heavy atom. The normalized spacial score (nSPS) is 19.4. The second-order valence-corrected chi connectivity index (χ2v) is 12.6. The van der Waals surface area contributed by atoms with Gasteiger partial charge in [0, 0.05) is 73.3 Å². The lowest BCUT2D eigenvalue weighted by atomic mass is 10.0. The topological polar surface area (TPSA) is 105 Å². The smallest absolute Gasteiger partial charge is 0.247 e. The van der Waals surface area contributed by atoms with Gasteiger partial charge in [0.25, 0.3) is 0 Å². The zero-order valence-electron chi connectivity index (χ0n) is 26.1. The maximum atomic E-state index is 12.6. The summed E-state index contributed by atoms with van der Waals surface area (Å²) in [5.74, 6) is 1.96. The van der Waals surface area contributed by atoms with Crippen molar-refractivity contribution >= 4 is 39.8 Å². The molecule has 8 rings (SSSR count). The predicted octanol–water partition coefficient (Wildman–Crippen LogP) is 5.49. The predicted molar refractivity (Wildman–Crippen MR) is 180 cm³/mol. The van der Waals surface area contributed by atoms with E-state index in [1.165, 1.54) is 24.4 Å². The fraction of sp³-hybridized carbons (Fsp3) is 0.314.